The Morgan fingerprint density at radius 2 is 1.38 bits per heavy atom. The highest BCUT2D eigenvalue weighted by molar-refractivity contribution is 5.87. The molecular formula is C21H28O8. The van der Waals surface area contributed by atoms with Gasteiger partial charge in [0.05, 0.1) is 27.4 Å². The number of carbonyl (C=O) groups excluding carboxylic acids is 2. The van der Waals surface area contributed by atoms with Gasteiger partial charge >= 0.3 is 11.9 Å². The van der Waals surface area contributed by atoms with Crippen LogP contribution >= 0.6 is 0 Å². The van der Waals surface area contributed by atoms with Crippen molar-refractivity contribution in [3.63, 3.8) is 0 Å². The third-order valence-corrected chi connectivity index (χ3v) is 3.56. The Kier molecular flexibility index (Phi) is 10.5. The summed E-state index contributed by atoms with van der Waals surface area (Å²) in [5.41, 5.74) is 1.20. The normalized spacial score (nSPS) is 10.4. The SMILES string of the molecule is C=C(C)C(=O)OCCOC(OCCOC(=O)C(=C)C)c1ccc(OC)cc1OC. The molecule has 0 N–H and O–H groups in total. The van der Waals surface area contributed by atoms with Gasteiger partial charge in [-0.3, -0.25) is 0 Å². The van der Waals surface area contributed by atoms with Crippen LogP contribution in [0.1, 0.15) is 25.7 Å². The fraction of sp³-hybridized carbons (Fsp3) is 0.429. The van der Waals surface area contributed by atoms with Crippen molar-refractivity contribution < 1.29 is 38.0 Å². The summed E-state index contributed by atoms with van der Waals surface area (Å²) >= 11 is 0. The lowest BCUT2D eigenvalue weighted by molar-refractivity contribution is -0.170. The summed E-state index contributed by atoms with van der Waals surface area (Å²) in [6, 6.07) is 5.17. The van der Waals surface area contributed by atoms with Gasteiger partial charge < -0.3 is 28.4 Å². The summed E-state index contributed by atoms with van der Waals surface area (Å²) in [6.45, 7) is 10.3. The first-order valence-electron chi connectivity index (χ1n) is 8.90. The van der Waals surface area contributed by atoms with E-state index in [0.29, 0.717) is 28.2 Å². The van der Waals surface area contributed by atoms with Gasteiger partial charge in [-0.25, -0.2) is 9.59 Å². The van der Waals surface area contributed by atoms with Gasteiger partial charge in [0.15, 0.2) is 6.29 Å². The zero-order valence-corrected chi connectivity index (χ0v) is 17.3. The molecule has 0 saturated heterocycles. The van der Waals surface area contributed by atoms with Gasteiger partial charge in [-0.1, -0.05) is 13.2 Å². The number of hydrogen-bond acceptors (Lipinski definition) is 8. The molecule has 0 aromatic heterocycles. The molecule has 29 heavy (non-hydrogen) atoms. The Hall–Kier alpha value is -2.84. The number of esters is 2. The second-order valence-electron chi connectivity index (χ2n) is 6.01. The topological polar surface area (TPSA) is 89.5 Å². The summed E-state index contributed by atoms with van der Waals surface area (Å²) in [5.74, 6) is 0.0990. The highest BCUT2D eigenvalue weighted by atomic mass is 16.7. The maximum atomic E-state index is 11.5. The maximum absolute atomic E-state index is 11.5. The molecule has 0 radical (unpaired) electrons. The minimum atomic E-state index is -0.845. The van der Waals surface area contributed by atoms with Crippen LogP contribution in [0, 0.1) is 0 Å². The molecule has 0 fully saturated rings. The number of rotatable bonds is 13. The van der Waals surface area contributed by atoms with E-state index in [4.69, 9.17) is 28.4 Å². The van der Waals surface area contributed by atoms with Gasteiger partial charge in [-0.05, 0) is 26.0 Å². The quantitative estimate of drug-likeness (QED) is 0.213. The van der Waals surface area contributed by atoms with Crippen LogP contribution in [0.2, 0.25) is 0 Å². The highest BCUT2D eigenvalue weighted by Gasteiger charge is 2.19. The summed E-state index contributed by atoms with van der Waals surface area (Å²) in [5, 5.41) is 0. The van der Waals surface area contributed by atoms with Crippen molar-refractivity contribution >= 4 is 11.9 Å². The van der Waals surface area contributed by atoms with Gasteiger partial charge in [-0.2, -0.15) is 0 Å². The van der Waals surface area contributed by atoms with Crippen LogP contribution in [0.3, 0.4) is 0 Å². The second kappa shape index (κ2) is 12.6. The van der Waals surface area contributed by atoms with Crippen LogP contribution in [0.4, 0.5) is 0 Å². The smallest absolute Gasteiger partial charge is 0.333 e. The van der Waals surface area contributed by atoms with Gasteiger partial charge in [0.1, 0.15) is 24.7 Å². The van der Waals surface area contributed by atoms with Crippen molar-refractivity contribution in [1.29, 1.82) is 0 Å². The molecule has 0 unspecified atom stereocenters. The van der Waals surface area contributed by atoms with Crippen LogP contribution in [-0.4, -0.2) is 52.6 Å². The molecule has 0 aliphatic carbocycles. The molecule has 1 rings (SSSR count). The first kappa shape index (κ1) is 24.2. The molecule has 1 aromatic carbocycles. The number of methoxy groups -OCH3 is 2. The van der Waals surface area contributed by atoms with Crippen molar-refractivity contribution in [1.82, 2.24) is 0 Å². The van der Waals surface area contributed by atoms with Crippen LogP contribution < -0.4 is 9.47 Å². The van der Waals surface area contributed by atoms with E-state index in [2.05, 4.69) is 13.2 Å². The summed E-state index contributed by atoms with van der Waals surface area (Å²) in [7, 11) is 3.06. The average molecular weight is 408 g/mol. The molecule has 8 nitrogen and oxygen atoms in total. The Morgan fingerprint density at radius 3 is 1.79 bits per heavy atom. The average Bonchev–Trinajstić information content (AvgIpc) is 2.71. The third kappa shape index (κ3) is 8.37. The maximum Gasteiger partial charge on any atom is 0.333 e. The molecule has 0 aliphatic heterocycles. The first-order valence-corrected chi connectivity index (χ1v) is 8.90. The van der Waals surface area contributed by atoms with Crippen molar-refractivity contribution in [2.45, 2.75) is 20.1 Å². The van der Waals surface area contributed by atoms with E-state index in [9.17, 15) is 9.59 Å². The number of carbonyl (C=O) groups is 2. The van der Waals surface area contributed by atoms with Crippen LogP contribution in [0.15, 0.2) is 42.5 Å². The Labute approximate surface area is 171 Å². The second-order valence-corrected chi connectivity index (χ2v) is 6.01. The van der Waals surface area contributed by atoms with Crippen molar-refractivity contribution in [2.24, 2.45) is 0 Å². The van der Waals surface area contributed by atoms with E-state index in [0.717, 1.165) is 0 Å². The van der Waals surface area contributed by atoms with Crippen molar-refractivity contribution in [2.75, 3.05) is 40.6 Å². The zero-order valence-electron chi connectivity index (χ0n) is 17.3. The molecule has 8 heteroatoms. The number of ether oxygens (including phenoxy) is 6. The molecule has 0 aliphatic rings. The predicted octanol–water partition coefficient (Wildman–Crippen LogP) is 2.97. The Bertz CT molecular complexity index is 691. The lowest BCUT2D eigenvalue weighted by Crippen LogP contribution is -2.18. The molecular weight excluding hydrogens is 380 g/mol. The number of benzene rings is 1. The molecule has 0 bridgehead atoms. The van der Waals surface area contributed by atoms with E-state index in [1.807, 2.05) is 0 Å². The van der Waals surface area contributed by atoms with Crippen molar-refractivity contribution in [3.8, 4) is 11.5 Å². The standard InChI is InChI=1S/C21H28O8/c1-14(2)19(22)26-9-11-28-21(29-12-10-27-20(23)15(3)4)17-8-7-16(24-5)13-18(17)25-6/h7-8,13,21H,1,3,9-12H2,2,4-6H3. The van der Waals surface area contributed by atoms with E-state index in [-0.39, 0.29) is 26.4 Å². The lowest BCUT2D eigenvalue weighted by atomic mass is 10.2. The monoisotopic (exact) mass is 408 g/mol. The molecule has 0 atom stereocenters. The van der Waals surface area contributed by atoms with E-state index in [1.165, 1.54) is 7.11 Å². The van der Waals surface area contributed by atoms with E-state index >= 15 is 0 Å². The first-order chi connectivity index (χ1) is 13.8. The van der Waals surface area contributed by atoms with E-state index in [1.54, 1.807) is 39.2 Å². The molecule has 0 saturated carbocycles. The summed E-state index contributed by atoms with van der Waals surface area (Å²) in [6.07, 6.45) is -0.845. The highest BCUT2D eigenvalue weighted by Crippen LogP contribution is 2.32. The van der Waals surface area contributed by atoms with Gasteiger partial charge in [0.25, 0.3) is 0 Å². The molecule has 0 spiro atoms. The number of hydrogen-bond donors (Lipinski definition) is 0. The Morgan fingerprint density at radius 1 is 0.862 bits per heavy atom. The zero-order chi connectivity index (χ0) is 21.8. The molecule has 160 valence electrons. The van der Waals surface area contributed by atoms with Gasteiger partial charge in [-0.15, -0.1) is 0 Å². The summed E-state index contributed by atoms with van der Waals surface area (Å²) < 4.78 is 32.1. The molecule has 0 heterocycles. The van der Waals surface area contributed by atoms with Crippen LogP contribution in [0.25, 0.3) is 0 Å². The minimum absolute atomic E-state index is 0.0225. The lowest BCUT2D eigenvalue weighted by Gasteiger charge is -2.21. The molecule has 1 aromatic rings. The van der Waals surface area contributed by atoms with Crippen molar-refractivity contribution in [3.05, 3.63) is 48.1 Å². The third-order valence-electron chi connectivity index (χ3n) is 3.56. The van der Waals surface area contributed by atoms with Crippen LogP contribution in [0.5, 0.6) is 11.5 Å². The Balaban J connectivity index is 2.77. The minimum Gasteiger partial charge on any atom is -0.497 e. The van der Waals surface area contributed by atoms with Crippen LogP contribution in [-0.2, 0) is 28.5 Å². The van der Waals surface area contributed by atoms with E-state index < -0.39 is 18.2 Å². The predicted molar refractivity (Wildman–Crippen MR) is 106 cm³/mol. The fourth-order valence-corrected chi connectivity index (χ4v) is 2.07. The fourth-order valence-electron chi connectivity index (χ4n) is 2.07. The van der Waals surface area contributed by atoms with Gasteiger partial charge in [0, 0.05) is 22.8 Å². The molecule has 0 amide bonds. The van der Waals surface area contributed by atoms with Gasteiger partial charge in [0.2, 0.25) is 0 Å². The summed E-state index contributed by atoms with van der Waals surface area (Å²) in [4.78, 5) is 22.9. The largest absolute Gasteiger partial charge is 0.497 e.